The highest BCUT2D eigenvalue weighted by Crippen LogP contribution is 2.20. The number of likely N-dealkylation sites (N-methyl/N-ethyl adjacent to an activating group) is 1. The summed E-state index contributed by atoms with van der Waals surface area (Å²) in [5, 5.41) is 14.9. The van der Waals surface area contributed by atoms with Crippen molar-refractivity contribution < 1.29 is 5.11 Å². The molecule has 0 spiro atoms. The predicted octanol–water partition coefficient (Wildman–Crippen LogP) is 1.52. The van der Waals surface area contributed by atoms with Crippen LogP contribution < -0.4 is 5.32 Å². The molecule has 1 unspecified atom stereocenters. The van der Waals surface area contributed by atoms with Gasteiger partial charge in [-0.3, -0.25) is 0 Å². The smallest absolute Gasteiger partial charge is 0.0791 e. The molecular formula is C10H17BrN2OS. The lowest BCUT2D eigenvalue weighted by Gasteiger charge is -2.16. The van der Waals surface area contributed by atoms with Crippen LogP contribution in [-0.2, 0) is 6.54 Å². The van der Waals surface area contributed by atoms with Crippen molar-refractivity contribution in [3.05, 3.63) is 20.8 Å². The second-order valence-electron chi connectivity index (χ2n) is 3.81. The van der Waals surface area contributed by atoms with Crippen molar-refractivity contribution in [3.8, 4) is 0 Å². The monoisotopic (exact) mass is 292 g/mol. The van der Waals surface area contributed by atoms with Crippen LogP contribution in [0.1, 0.15) is 5.56 Å². The zero-order valence-electron chi connectivity index (χ0n) is 9.03. The SMILES string of the molecule is CN(C)CC(O)CNCc1csc(Br)c1. The molecular weight excluding hydrogens is 276 g/mol. The Bertz CT molecular complexity index is 291. The first-order valence-electron chi connectivity index (χ1n) is 4.84. The molecule has 1 heterocycles. The van der Waals surface area contributed by atoms with E-state index < -0.39 is 0 Å². The van der Waals surface area contributed by atoms with E-state index in [4.69, 9.17) is 0 Å². The number of nitrogens with zero attached hydrogens (tertiary/aromatic N) is 1. The largest absolute Gasteiger partial charge is 0.390 e. The summed E-state index contributed by atoms with van der Waals surface area (Å²) in [5.41, 5.74) is 1.25. The van der Waals surface area contributed by atoms with Crippen LogP contribution in [0.4, 0.5) is 0 Å². The second kappa shape index (κ2) is 6.60. The Hall–Kier alpha value is 0.0600. The highest BCUT2D eigenvalue weighted by atomic mass is 79.9. The summed E-state index contributed by atoms with van der Waals surface area (Å²) in [6.07, 6.45) is -0.304. The van der Waals surface area contributed by atoms with Crippen LogP contribution in [0.3, 0.4) is 0 Å². The summed E-state index contributed by atoms with van der Waals surface area (Å²) >= 11 is 5.10. The number of rotatable bonds is 6. The van der Waals surface area contributed by atoms with Crippen LogP contribution in [-0.4, -0.2) is 43.3 Å². The Labute approximate surface area is 103 Å². The maximum absolute atomic E-state index is 9.59. The first kappa shape index (κ1) is 13.1. The molecule has 0 aliphatic heterocycles. The molecule has 1 rings (SSSR count). The van der Waals surface area contributed by atoms with Crippen LogP contribution >= 0.6 is 27.3 Å². The normalized spacial score (nSPS) is 13.4. The van der Waals surface area contributed by atoms with Gasteiger partial charge in [-0.15, -0.1) is 11.3 Å². The first-order valence-corrected chi connectivity index (χ1v) is 6.51. The van der Waals surface area contributed by atoms with Crippen LogP contribution in [0.25, 0.3) is 0 Å². The summed E-state index contributed by atoms with van der Waals surface area (Å²) in [4.78, 5) is 1.98. The Morgan fingerprint density at radius 3 is 2.87 bits per heavy atom. The number of nitrogens with one attached hydrogen (secondary N) is 1. The molecule has 0 aliphatic rings. The molecule has 5 heteroatoms. The third-order valence-corrected chi connectivity index (χ3v) is 3.46. The summed E-state index contributed by atoms with van der Waals surface area (Å²) < 4.78 is 1.15. The standard InChI is InChI=1S/C10H17BrN2OS/c1-13(2)6-9(14)5-12-4-8-3-10(11)15-7-8/h3,7,9,12,14H,4-6H2,1-2H3. The number of thiophene rings is 1. The number of aliphatic hydroxyl groups is 1. The van der Waals surface area contributed by atoms with Gasteiger partial charge in [0.2, 0.25) is 0 Å². The third kappa shape index (κ3) is 5.63. The first-order chi connectivity index (χ1) is 7.08. The van der Waals surface area contributed by atoms with Crippen molar-refractivity contribution in [3.63, 3.8) is 0 Å². The lowest BCUT2D eigenvalue weighted by Crippen LogP contribution is -2.34. The highest BCUT2D eigenvalue weighted by Gasteiger charge is 2.04. The van der Waals surface area contributed by atoms with Crippen molar-refractivity contribution in [2.24, 2.45) is 0 Å². The van der Waals surface area contributed by atoms with E-state index in [1.54, 1.807) is 11.3 Å². The number of halogens is 1. The maximum Gasteiger partial charge on any atom is 0.0791 e. The van der Waals surface area contributed by atoms with Gasteiger partial charge < -0.3 is 15.3 Å². The van der Waals surface area contributed by atoms with Crippen LogP contribution in [0.5, 0.6) is 0 Å². The van der Waals surface area contributed by atoms with Crippen molar-refractivity contribution >= 4 is 27.3 Å². The molecule has 0 aliphatic carbocycles. The Morgan fingerprint density at radius 2 is 2.33 bits per heavy atom. The van der Waals surface area contributed by atoms with Crippen molar-refractivity contribution in [2.75, 3.05) is 27.2 Å². The van der Waals surface area contributed by atoms with Crippen LogP contribution in [0.2, 0.25) is 0 Å². The van der Waals surface area contributed by atoms with Crippen LogP contribution in [0.15, 0.2) is 15.2 Å². The molecule has 1 aromatic heterocycles. The molecule has 86 valence electrons. The number of hydrogen-bond acceptors (Lipinski definition) is 4. The van der Waals surface area contributed by atoms with Crippen molar-refractivity contribution in [1.82, 2.24) is 10.2 Å². The molecule has 0 saturated carbocycles. The Balaban J connectivity index is 2.16. The van der Waals surface area contributed by atoms with E-state index in [2.05, 4.69) is 32.7 Å². The number of hydrogen-bond donors (Lipinski definition) is 2. The molecule has 0 aromatic carbocycles. The Kier molecular flexibility index (Phi) is 5.78. The quantitative estimate of drug-likeness (QED) is 0.835. The van der Waals surface area contributed by atoms with E-state index in [0.717, 1.165) is 10.3 Å². The lowest BCUT2D eigenvalue weighted by atomic mass is 10.3. The third-order valence-electron chi connectivity index (χ3n) is 1.91. The van der Waals surface area contributed by atoms with E-state index in [-0.39, 0.29) is 6.10 Å². The Morgan fingerprint density at radius 1 is 1.60 bits per heavy atom. The molecule has 2 N–H and O–H groups in total. The molecule has 1 atom stereocenters. The molecule has 1 aromatic rings. The van der Waals surface area contributed by atoms with Crippen molar-refractivity contribution in [2.45, 2.75) is 12.6 Å². The maximum atomic E-state index is 9.59. The second-order valence-corrected chi connectivity index (χ2v) is 6.10. The summed E-state index contributed by atoms with van der Waals surface area (Å²) in [5.74, 6) is 0. The molecule has 3 nitrogen and oxygen atoms in total. The van der Waals surface area contributed by atoms with E-state index in [0.29, 0.717) is 13.1 Å². The summed E-state index contributed by atoms with van der Waals surface area (Å²) in [7, 11) is 3.92. The zero-order chi connectivity index (χ0) is 11.3. The number of aliphatic hydroxyl groups excluding tert-OH is 1. The fourth-order valence-corrected chi connectivity index (χ4v) is 2.52. The fourth-order valence-electron chi connectivity index (χ4n) is 1.31. The van der Waals surface area contributed by atoms with Gasteiger partial charge in [0.25, 0.3) is 0 Å². The van der Waals surface area contributed by atoms with Gasteiger partial charge in [0, 0.05) is 19.6 Å². The molecule has 15 heavy (non-hydrogen) atoms. The van der Waals surface area contributed by atoms with Crippen molar-refractivity contribution in [1.29, 1.82) is 0 Å². The van der Waals surface area contributed by atoms with Gasteiger partial charge in [0.1, 0.15) is 0 Å². The zero-order valence-corrected chi connectivity index (χ0v) is 11.4. The van der Waals surface area contributed by atoms with Gasteiger partial charge in [-0.1, -0.05) is 0 Å². The topological polar surface area (TPSA) is 35.5 Å². The van der Waals surface area contributed by atoms with E-state index in [9.17, 15) is 5.11 Å². The predicted molar refractivity (Wildman–Crippen MR) is 68.3 cm³/mol. The molecule has 0 amide bonds. The molecule has 0 fully saturated rings. The minimum atomic E-state index is -0.304. The fraction of sp³-hybridized carbons (Fsp3) is 0.600. The van der Waals surface area contributed by atoms with E-state index in [1.807, 2.05) is 19.0 Å². The van der Waals surface area contributed by atoms with Gasteiger partial charge in [0.05, 0.1) is 9.89 Å². The molecule has 0 bridgehead atoms. The minimum absolute atomic E-state index is 0.304. The summed E-state index contributed by atoms with van der Waals surface area (Å²) in [6.45, 7) is 2.14. The summed E-state index contributed by atoms with van der Waals surface area (Å²) in [6, 6.07) is 2.09. The van der Waals surface area contributed by atoms with Gasteiger partial charge in [-0.05, 0) is 47.0 Å². The van der Waals surface area contributed by atoms with Gasteiger partial charge >= 0.3 is 0 Å². The van der Waals surface area contributed by atoms with Gasteiger partial charge in [-0.2, -0.15) is 0 Å². The van der Waals surface area contributed by atoms with Gasteiger partial charge in [-0.25, -0.2) is 0 Å². The average molecular weight is 293 g/mol. The van der Waals surface area contributed by atoms with E-state index in [1.165, 1.54) is 5.56 Å². The van der Waals surface area contributed by atoms with E-state index >= 15 is 0 Å². The van der Waals surface area contributed by atoms with Crippen LogP contribution in [0, 0.1) is 0 Å². The molecule has 0 saturated heterocycles. The minimum Gasteiger partial charge on any atom is -0.390 e. The lowest BCUT2D eigenvalue weighted by molar-refractivity contribution is 0.134. The van der Waals surface area contributed by atoms with Gasteiger partial charge in [0.15, 0.2) is 0 Å². The highest BCUT2D eigenvalue weighted by molar-refractivity contribution is 9.11. The molecule has 0 radical (unpaired) electrons. The average Bonchev–Trinajstić information content (AvgIpc) is 2.50.